The van der Waals surface area contributed by atoms with Crippen molar-refractivity contribution in [1.29, 1.82) is 0 Å². The Bertz CT molecular complexity index is 684. The number of rotatable bonds is 10. The van der Waals surface area contributed by atoms with E-state index in [1.54, 1.807) is 0 Å². The minimum Gasteiger partial charge on any atom is -0.494 e. The van der Waals surface area contributed by atoms with Crippen molar-refractivity contribution in [2.45, 2.75) is 18.2 Å². The van der Waals surface area contributed by atoms with Gasteiger partial charge >= 0.3 is 0 Å². The van der Waals surface area contributed by atoms with Crippen LogP contribution >= 0.6 is 24.0 Å². The maximum atomic E-state index is 12.2. The quantitative estimate of drug-likeness (QED) is 0.227. The lowest BCUT2D eigenvalue weighted by molar-refractivity contribution is 0.313. The molecule has 2 aromatic rings. The Hall–Kier alpha value is -1.61. The number of hydrogen-bond acceptors (Lipinski definition) is 3. The van der Waals surface area contributed by atoms with E-state index in [-0.39, 0.29) is 24.0 Å². The van der Waals surface area contributed by atoms with Crippen molar-refractivity contribution in [1.82, 2.24) is 10.6 Å². The van der Waals surface area contributed by atoms with Gasteiger partial charge in [0.05, 0.1) is 17.4 Å². The van der Waals surface area contributed by atoms with Crippen LogP contribution in [0.1, 0.15) is 13.3 Å². The lowest BCUT2D eigenvalue weighted by atomic mass is 10.3. The van der Waals surface area contributed by atoms with Gasteiger partial charge in [0, 0.05) is 36.7 Å². The molecule has 0 bridgehead atoms. The molecule has 5 nitrogen and oxygen atoms in total. The normalized spacial score (nSPS) is 12.0. The molecule has 0 spiro atoms. The number of nitrogens with zero attached hydrogens (tertiary/aromatic N) is 1. The van der Waals surface area contributed by atoms with Crippen molar-refractivity contribution >= 4 is 40.7 Å². The second-order valence-electron chi connectivity index (χ2n) is 5.57. The molecule has 0 amide bonds. The highest BCUT2D eigenvalue weighted by molar-refractivity contribution is 14.0. The lowest BCUT2D eigenvalue weighted by Gasteiger charge is -2.11. The summed E-state index contributed by atoms with van der Waals surface area (Å²) in [4.78, 5) is 5.39. The van der Waals surface area contributed by atoms with E-state index in [2.05, 4.69) is 15.6 Å². The van der Waals surface area contributed by atoms with Crippen LogP contribution in [0, 0.1) is 0 Å². The minimum atomic E-state index is -0.999. The summed E-state index contributed by atoms with van der Waals surface area (Å²) in [5.74, 6) is 2.17. The molecule has 2 rings (SSSR count). The van der Waals surface area contributed by atoms with Crippen LogP contribution < -0.4 is 15.4 Å². The van der Waals surface area contributed by atoms with E-state index < -0.39 is 10.8 Å². The first-order valence-electron chi connectivity index (χ1n) is 8.93. The van der Waals surface area contributed by atoms with Crippen LogP contribution in [-0.4, -0.2) is 42.2 Å². The van der Waals surface area contributed by atoms with Crippen LogP contribution in [0.5, 0.6) is 5.75 Å². The van der Waals surface area contributed by atoms with Crippen LogP contribution in [0.15, 0.2) is 70.6 Å². The largest absolute Gasteiger partial charge is 0.494 e. The van der Waals surface area contributed by atoms with Gasteiger partial charge in [-0.05, 0) is 31.2 Å². The summed E-state index contributed by atoms with van der Waals surface area (Å²) in [7, 11) is -0.999. The summed E-state index contributed by atoms with van der Waals surface area (Å²) in [6, 6.07) is 19.3. The second-order valence-corrected chi connectivity index (χ2v) is 7.14. The molecule has 1 unspecified atom stereocenters. The predicted octanol–water partition coefficient (Wildman–Crippen LogP) is 3.44. The molecule has 148 valence electrons. The monoisotopic (exact) mass is 501 g/mol. The van der Waals surface area contributed by atoms with Crippen LogP contribution in [-0.2, 0) is 10.8 Å². The van der Waals surface area contributed by atoms with E-state index in [1.165, 1.54) is 0 Å². The molecule has 0 saturated heterocycles. The second kappa shape index (κ2) is 14.4. The number of halogens is 1. The molecule has 0 fully saturated rings. The first-order valence-corrected chi connectivity index (χ1v) is 10.2. The first-order chi connectivity index (χ1) is 12.8. The van der Waals surface area contributed by atoms with E-state index in [4.69, 9.17) is 4.74 Å². The molecule has 1 atom stereocenters. The molecule has 0 radical (unpaired) electrons. The topological polar surface area (TPSA) is 62.7 Å². The number of para-hydroxylation sites is 1. The van der Waals surface area contributed by atoms with Crippen LogP contribution in [0.3, 0.4) is 0 Å². The number of ether oxygens (including phenoxy) is 1. The van der Waals surface area contributed by atoms with Crippen molar-refractivity contribution in [3.05, 3.63) is 60.7 Å². The van der Waals surface area contributed by atoms with Gasteiger partial charge in [-0.3, -0.25) is 9.20 Å². The molecular weight excluding hydrogens is 473 g/mol. The Kier molecular flexibility index (Phi) is 12.5. The van der Waals surface area contributed by atoms with Gasteiger partial charge in [-0.25, -0.2) is 0 Å². The average molecular weight is 501 g/mol. The van der Waals surface area contributed by atoms with Gasteiger partial charge in [0.2, 0.25) is 0 Å². The number of aliphatic imine (C=N–C) groups is 1. The maximum Gasteiger partial charge on any atom is 0.191 e. The van der Waals surface area contributed by atoms with E-state index in [9.17, 15) is 4.21 Å². The summed E-state index contributed by atoms with van der Waals surface area (Å²) in [5, 5.41) is 6.44. The van der Waals surface area contributed by atoms with Crippen molar-refractivity contribution in [3.63, 3.8) is 0 Å². The minimum absolute atomic E-state index is 0. The molecule has 7 heteroatoms. The zero-order chi connectivity index (χ0) is 18.5. The average Bonchev–Trinajstić information content (AvgIpc) is 2.69. The molecule has 0 aliphatic carbocycles. The van der Waals surface area contributed by atoms with Gasteiger partial charge in [-0.1, -0.05) is 36.4 Å². The molecule has 0 aliphatic heterocycles. The highest BCUT2D eigenvalue weighted by Gasteiger charge is 2.03. The Morgan fingerprint density at radius 3 is 2.37 bits per heavy atom. The van der Waals surface area contributed by atoms with E-state index in [1.807, 2.05) is 67.6 Å². The van der Waals surface area contributed by atoms with Crippen LogP contribution in [0.4, 0.5) is 0 Å². The van der Waals surface area contributed by atoms with Gasteiger partial charge in [-0.15, -0.1) is 24.0 Å². The van der Waals surface area contributed by atoms with Crippen molar-refractivity contribution in [2.24, 2.45) is 4.99 Å². The fourth-order valence-electron chi connectivity index (χ4n) is 2.26. The Morgan fingerprint density at radius 2 is 1.70 bits per heavy atom. The molecule has 2 N–H and O–H groups in total. The van der Waals surface area contributed by atoms with E-state index in [0.29, 0.717) is 25.4 Å². The molecule has 0 aliphatic rings. The van der Waals surface area contributed by atoms with E-state index >= 15 is 0 Å². The van der Waals surface area contributed by atoms with Crippen molar-refractivity contribution in [2.75, 3.05) is 32.0 Å². The van der Waals surface area contributed by atoms with Gasteiger partial charge < -0.3 is 15.4 Å². The van der Waals surface area contributed by atoms with Gasteiger partial charge in [0.15, 0.2) is 5.96 Å². The molecule has 0 aromatic heterocycles. The Morgan fingerprint density at radius 1 is 1.04 bits per heavy atom. The SMILES string of the molecule is CCNC(=NCCCOc1ccccc1)NCCS(=O)c1ccccc1.I. The number of hydrogen-bond donors (Lipinski definition) is 2. The Labute approximate surface area is 181 Å². The molecule has 27 heavy (non-hydrogen) atoms. The summed E-state index contributed by atoms with van der Waals surface area (Å²) in [6.07, 6.45) is 0.835. The van der Waals surface area contributed by atoms with Crippen molar-refractivity contribution < 1.29 is 8.95 Å². The fourth-order valence-corrected chi connectivity index (χ4v) is 3.24. The van der Waals surface area contributed by atoms with Crippen LogP contribution in [0.25, 0.3) is 0 Å². The highest BCUT2D eigenvalue weighted by atomic mass is 127. The highest BCUT2D eigenvalue weighted by Crippen LogP contribution is 2.08. The summed E-state index contributed by atoms with van der Waals surface area (Å²) in [5.41, 5.74) is 0. The molecule has 2 aromatic carbocycles. The van der Waals surface area contributed by atoms with Gasteiger partial charge in [0.1, 0.15) is 5.75 Å². The standard InChI is InChI=1S/C20H27N3O2S.HI/c1-2-21-20(22-14-9-16-25-18-10-5-3-6-11-18)23-15-17-26(24)19-12-7-4-8-13-19;/h3-8,10-13H,2,9,14-17H2,1H3,(H2,21,22,23);1H. The zero-order valence-electron chi connectivity index (χ0n) is 15.6. The number of nitrogens with one attached hydrogen (secondary N) is 2. The van der Waals surface area contributed by atoms with Gasteiger partial charge in [-0.2, -0.15) is 0 Å². The third-order valence-electron chi connectivity index (χ3n) is 3.51. The summed E-state index contributed by atoms with van der Waals surface area (Å²) >= 11 is 0. The summed E-state index contributed by atoms with van der Waals surface area (Å²) < 4.78 is 17.9. The molecular formula is C20H28IN3O2S. The predicted molar refractivity (Wildman–Crippen MR) is 124 cm³/mol. The first kappa shape index (κ1) is 23.4. The third-order valence-corrected chi connectivity index (χ3v) is 4.89. The number of guanidine groups is 1. The fraction of sp³-hybridized carbons (Fsp3) is 0.350. The van der Waals surface area contributed by atoms with Gasteiger partial charge in [0.25, 0.3) is 0 Å². The summed E-state index contributed by atoms with van der Waals surface area (Å²) in [6.45, 7) is 4.72. The maximum absolute atomic E-state index is 12.2. The zero-order valence-corrected chi connectivity index (χ0v) is 18.7. The molecule has 0 heterocycles. The smallest absolute Gasteiger partial charge is 0.191 e. The van der Waals surface area contributed by atoms with Crippen molar-refractivity contribution in [3.8, 4) is 5.75 Å². The lowest BCUT2D eigenvalue weighted by Crippen LogP contribution is -2.39. The number of benzene rings is 2. The van der Waals surface area contributed by atoms with E-state index in [0.717, 1.165) is 29.6 Å². The third kappa shape index (κ3) is 9.76. The molecule has 0 saturated carbocycles. The van der Waals surface area contributed by atoms with Crippen LogP contribution in [0.2, 0.25) is 0 Å². The Balaban J connectivity index is 0.00000364.